The van der Waals surface area contributed by atoms with E-state index in [0.717, 1.165) is 45.1 Å². The van der Waals surface area contributed by atoms with Gasteiger partial charge in [-0.1, -0.05) is 32.9 Å². The van der Waals surface area contributed by atoms with Crippen LogP contribution < -0.4 is 5.32 Å². The largest absolute Gasteiger partial charge is 0.379 e. The zero-order chi connectivity index (χ0) is 18.6. The van der Waals surface area contributed by atoms with Gasteiger partial charge in [0.1, 0.15) is 0 Å². The Balaban J connectivity index is 1.53. The molecule has 0 atom stereocenters. The zero-order valence-corrected chi connectivity index (χ0v) is 15.9. The van der Waals surface area contributed by atoms with Gasteiger partial charge in [0.25, 0.3) is 5.91 Å². The molecule has 3 rings (SSSR count). The number of nitrogens with one attached hydrogen (secondary N) is 1. The van der Waals surface area contributed by atoms with E-state index in [2.05, 4.69) is 36.1 Å². The molecule has 1 saturated heterocycles. The van der Waals surface area contributed by atoms with Crippen molar-refractivity contribution in [1.82, 2.24) is 14.7 Å². The van der Waals surface area contributed by atoms with Gasteiger partial charge in [-0.15, -0.1) is 0 Å². The lowest BCUT2D eigenvalue weighted by Crippen LogP contribution is -2.38. The van der Waals surface area contributed by atoms with E-state index < -0.39 is 0 Å². The first-order chi connectivity index (χ1) is 12.4. The summed E-state index contributed by atoms with van der Waals surface area (Å²) < 4.78 is 7.22. The van der Waals surface area contributed by atoms with Crippen molar-refractivity contribution in [1.29, 1.82) is 0 Å². The Morgan fingerprint density at radius 3 is 2.50 bits per heavy atom. The number of rotatable bonds is 5. The van der Waals surface area contributed by atoms with Crippen LogP contribution in [0.5, 0.6) is 0 Å². The Morgan fingerprint density at radius 1 is 1.15 bits per heavy atom. The molecule has 0 aliphatic carbocycles. The summed E-state index contributed by atoms with van der Waals surface area (Å²) in [6.45, 7) is 11.8. The SMILES string of the molecule is CC(C)(C)c1ccc(C(=O)Nc2cnn(CCN3CCOCC3)c2)cc1. The number of nitrogens with zero attached hydrogens (tertiary/aromatic N) is 3. The Kier molecular flexibility index (Phi) is 5.74. The number of hydrogen-bond acceptors (Lipinski definition) is 4. The van der Waals surface area contributed by atoms with Crippen molar-refractivity contribution in [3.63, 3.8) is 0 Å². The molecule has 0 radical (unpaired) electrons. The van der Waals surface area contributed by atoms with Crippen molar-refractivity contribution >= 4 is 11.6 Å². The lowest BCUT2D eigenvalue weighted by atomic mass is 9.87. The molecule has 26 heavy (non-hydrogen) atoms. The highest BCUT2D eigenvalue weighted by Crippen LogP contribution is 2.22. The molecule has 140 valence electrons. The highest BCUT2D eigenvalue weighted by molar-refractivity contribution is 6.04. The van der Waals surface area contributed by atoms with Crippen LogP contribution in [-0.4, -0.2) is 53.4 Å². The number of aromatic nitrogens is 2. The number of amides is 1. The van der Waals surface area contributed by atoms with Crippen LogP contribution in [-0.2, 0) is 16.7 Å². The molecule has 6 nitrogen and oxygen atoms in total. The van der Waals surface area contributed by atoms with Crippen LogP contribution in [0.25, 0.3) is 0 Å². The average Bonchev–Trinajstić information content (AvgIpc) is 3.07. The number of hydrogen-bond donors (Lipinski definition) is 1. The van der Waals surface area contributed by atoms with Crippen LogP contribution in [0.4, 0.5) is 5.69 Å². The molecule has 0 unspecified atom stereocenters. The second-order valence-electron chi connectivity index (χ2n) is 7.73. The summed E-state index contributed by atoms with van der Waals surface area (Å²) in [5.41, 5.74) is 2.66. The van der Waals surface area contributed by atoms with Gasteiger partial charge < -0.3 is 10.1 Å². The summed E-state index contributed by atoms with van der Waals surface area (Å²) in [5, 5.41) is 7.26. The highest BCUT2D eigenvalue weighted by atomic mass is 16.5. The Morgan fingerprint density at radius 2 is 1.85 bits per heavy atom. The fourth-order valence-corrected chi connectivity index (χ4v) is 2.94. The average molecular weight is 356 g/mol. The van der Waals surface area contributed by atoms with Crippen molar-refractivity contribution in [2.45, 2.75) is 32.7 Å². The first-order valence-electron chi connectivity index (χ1n) is 9.16. The van der Waals surface area contributed by atoms with Gasteiger partial charge in [-0.25, -0.2) is 0 Å². The minimum atomic E-state index is -0.113. The summed E-state index contributed by atoms with van der Waals surface area (Å²) in [5.74, 6) is -0.113. The molecule has 1 amide bonds. The van der Waals surface area contributed by atoms with Gasteiger partial charge in [0, 0.05) is 31.4 Å². The van der Waals surface area contributed by atoms with E-state index >= 15 is 0 Å². The summed E-state index contributed by atoms with van der Waals surface area (Å²) in [4.78, 5) is 14.8. The maximum Gasteiger partial charge on any atom is 0.255 e. The molecular formula is C20H28N4O2. The second-order valence-corrected chi connectivity index (χ2v) is 7.73. The smallest absolute Gasteiger partial charge is 0.255 e. The monoisotopic (exact) mass is 356 g/mol. The van der Waals surface area contributed by atoms with Crippen LogP contribution in [0, 0.1) is 0 Å². The van der Waals surface area contributed by atoms with Gasteiger partial charge in [-0.3, -0.25) is 14.4 Å². The number of carbonyl (C=O) groups is 1. The van der Waals surface area contributed by atoms with Crippen LogP contribution >= 0.6 is 0 Å². The standard InChI is InChI=1S/C20H28N4O2/c1-20(2,3)17-6-4-16(5-7-17)19(25)22-18-14-21-24(15-18)9-8-23-10-12-26-13-11-23/h4-7,14-15H,8-13H2,1-3H3,(H,22,25). The summed E-state index contributed by atoms with van der Waals surface area (Å²) >= 11 is 0. The molecule has 2 heterocycles. The van der Waals surface area contributed by atoms with Crippen molar-refractivity contribution < 1.29 is 9.53 Å². The van der Waals surface area contributed by atoms with Crippen LogP contribution in [0.15, 0.2) is 36.7 Å². The molecule has 6 heteroatoms. The third-order valence-electron chi connectivity index (χ3n) is 4.65. The molecule has 0 spiro atoms. The molecule has 2 aromatic rings. The van der Waals surface area contributed by atoms with Crippen molar-refractivity contribution in [2.24, 2.45) is 0 Å². The Hall–Kier alpha value is -2.18. The minimum Gasteiger partial charge on any atom is -0.379 e. The number of anilines is 1. The van der Waals surface area contributed by atoms with Gasteiger partial charge in [0.05, 0.1) is 31.6 Å². The molecule has 1 aliphatic rings. The van der Waals surface area contributed by atoms with Crippen LogP contribution in [0.2, 0.25) is 0 Å². The maximum absolute atomic E-state index is 12.4. The van der Waals surface area contributed by atoms with Crippen LogP contribution in [0.1, 0.15) is 36.7 Å². The molecular weight excluding hydrogens is 328 g/mol. The second kappa shape index (κ2) is 8.01. The molecule has 0 saturated carbocycles. The van der Waals surface area contributed by atoms with Crippen molar-refractivity contribution in [3.05, 3.63) is 47.8 Å². The summed E-state index contributed by atoms with van der Waals surface area (Å²) in [6, 6.07) is 7.78. The van der Waals surface area contributed by atoms with E-state index in [1.54, 1.807) is 6.20 Å². The van der Waals surface area contributed by atoms with Gasteiger partial charge in [0.2, 0.25) is 0 Å². The number of carbonyl (C=O) groups excluding carboxylic acids is 1. The third-order valence-corrected chi connectivity index (χ3v) is 4.65. The quantitative estimate of drug-likeness (QED) is 0.895. The summed E-state index contributed by atoms with van der Waals surface area (Å²) in [7, 11) is 0. The Bertz CT molecular complexity index is 725. The van der Waals surface area contributed by atoms with E-state index in [1.165, 1.54) is 5.56 Å². The minimum absolute atomic E-state index is 0.0800. The number of morpholine rings is 1. The lowest BCUT2D eigenvalue weighted by molar-refractivity contribution is 0.0360. The van der Waals surface area contributed by atoms with Gasteiger partial charge in [0.15, 0.2) is 0 Å². The van der Waals surface area contributed by atoms with Gasteiger partial charge in [-0.2, -0.15) is 5.10 Å². The summed E-state index contributed by atoms with van der Waals surface area (Å²) in [6.07, 6.45) is 3.57. The van der Waals surface area contributed by atoms with Gasteiger partial charge >= 0.3 is 0 Å². The highest BCUT2D eigenvalue weighted by Gasteiger charge is 2.15. The van der Waals surface area contributed by atoms with E-state index in [9.17, 15) is 4.79 Å². The maximum atomic E-state index is 12.4. The third kappa shape index (κ3) is 4.93. The molecule has 0 bridgehead atoms. The van der Waals surface area contributed by atoms with E-state index in [1.807, 2.05) is 35.1 Å². The molecule has 1 aromatic heterocycles. The van der Waals surface area contributed by atoms with E-state index in [0.29, 0.717) is 5.56 Å². The lowest BCUT2D eigenvalue weighted by Gasteiger charge is -2.26. The van der Waals surface area contributed by atoms with Crippen molar-refractivity contribution in [3.8, 4) is 0 Å². The fourth-order valence-electron chi connectivity index (χ4n) is 2.94. The topological polar surface area (TPSA) is 59.4 Å². The van der Waals surface area contributed by atoms with E-state index in [4.69, 9.17) is 4.74 Å². The molecule has 1 aliphatic heterocycles. The number of ether oxygens (including phenoxy) is 1. The molecule has 1 fully saturated rings. The molecule has 1 N–H and O–H groups in total. The van der Waals surface area contributed by atoms with Crippen molar-refractivity contribution in [2.75, 3.05) is 38.2 Å². The van der Waals surface area contributed by atoms with E-state index in [-0.39, 0.29) is 11.3 Å². The predicted molar refractivity (Wildman–Crippen MR) is 103 cm³/mol. The predicted octanol–water partition coefficient (Wildman–Crippen LogP) is 2.77. The van der Waals surface area contributed by atoms with Crippen LogP contribution in [0.3, 0.4) is 0 Å². The Labute approximate surface area is 155 Å². The first kappa shape index (κ1) is 18.6. The molecule has 1 aromatic carbocycles. The normalized spacial score (nSPS) is 15.8. The van der Waals surface area contributed by atoms with Gasteiger partial charge in [-0.05, 0) is 23.1 Å². The fraction of sp³-hybridized carbons (Fsp3) is 0.500. The number of benzene rings is 1. The zero-order valence-electron chi connectivity index (χ0n) is 15.9. The first-order valence-corrected chi connectivity index (χ1v) is 9.16.